The van der Waals surface area contributed by atoms with Gasteiger partial charge in [0, 0.05) is 49.5 Å². The van der Waals surface area contributed by atoms with E-state index in [9.17, 15) is 14.4 Å². The summed E-state index contributed by atoms with van der Waals surface area (Å²) in [4.78, 5) is 41.1. The summed E-state index contributed by atoms with van der Waals surface area (Å²) in [5, 5.41) is 3.99. The van der Waals surface area contributed by atoms with Gasteiger partial charge in [-0.15, -0.1) is 0 Å². The monoisotopic (exact) mass is 646 g/mol. The summed E-state index contributed by atoms with van der Waals surface area (Å²) in [6.45, 7) is 18.9. The van der Waals surface area contributed by atoms with E-state index in [0.717, 1.165) is 23.3 Å². The van der Waals surface area contributed by atoms with E-state index in [-0.39, 0.29) is 31.2 Å². The van der Waals surface area contributed by atoms with Crippen LogP contribution in [-0.4, -0.2) is 62.7 Å². The highest BCUT2D eigenvalue weighted by Gasteiger charge is 2.59. The maximum Gasteiger partial charge on any atom is 0.326 e. The molecule has 1 spiro atoms. The Morgan fingerprint density at radius 3 is 2.35 bits per heavy atom. The van der Waals surface area contributed by atoms with Crippen LogP contribution in [0.25, 0.3) is 11.1 Å². The Hall–Kier alpha value is -2.65. The van der Waals surface area contributed by atoms with Crippen LogP contribution in [-0.2, 0) is 29.3 Å². The van der Waals surface area contributed by atoms with Gasteiger partial charge in [-0.25, -0.2) is 0 Å². The van der Waals surface area contributed by atoms with Crippen LogP contribution in [0.5, 0.6) is 0 Å². The average Bonchev–Trinajstić information content (AvgIpc) is 3.14. The number of carbonyl (C=O) groups excluding carboxylic acids is 3. The molecule has 0 bridgehead atoms. The van der Waals surface area contributed by atoms with Crippen LogP contribution in [0.15, 0.2) is 48.6 Å². The first-order valence-electron chi connectivity index (χ1n) is 14.5. The summed E-state index contributed by atoms with van der Waals surface area (Å²) in [5.74, 6) is -1.03. The molecule has 2 aliphatic rings. The Morgan fingerprint density at radius 2 is 1.81 bits per heavy atom. The maximum atomic E-state index is 13.8. The quantitative estimate of drug-likeness (QED) is 0.189. The van der Waals surface area contributed by atoms with Gasteiger partial charge in [0.2, 0.25) is 11.8 Å². The molecule has 43 heavy (non-hydrogen) atoms. The highest BCUT2D eigenvalue weighted by atomic mass is 35.5. The van der Waals surface area contributed by atoms with E-state index in [1.807, 2.05) is 18.2 Å². The zero-order valence-corrected chi connectivity index (χ0v) is 29.0. The SMILES string of the molecule is C=C(C)[C@@H]1N(CC(=O)OC(C)(C)C)C(=O)CC[C@]12C(=O)Nc1cc(Cl)cc(-c3cccc(Cl)c3)c12.COCC[Si](C)(C)C. The van der Waals surface area contributed by atoms with Crippen molar-refractivity contribution in [3.05, 3.63) is 64.2 Å². The summed E-state index contributed by atoms with van der Waals surface area (Å²) in [5.41, 5.74) is 1.57. The minimum atomic E-state index is -1.15. The maximum absolute atomic E-state index is 13.8. The number of fused-ring (bicyclic) bond motifs is 2. The van der Waals surface area contributed by atoms with Gasteiger partial charge in [-0.05, 0) is 75.6 Å². The summed E-state index contributed by atoms with van der Waals surface area (Å²) < 4.78 is 10.4. The Morgan fingerprint density at radius 1 is 1.14 bits per heavy atom. The van der Waals surface area contributed by atoms with Crippen LogP contribution in [0, 0.1) is 0 Å². The lowest BCUT2D eigenvalue weighted by Gasteiger charge is -2.47. The third-order valence-corrected chi connectivity index (χ3v) is 9.57. The number of amides is 2. The van der Waals surface area contributed by atoms with Gasteiger partial charge >= 0.3 is 5.97 Å². The van der Waals surface area contributed by atoms with E-state index in [1.165, 1.54) is 10.9 Å². The zero-order valence-electron chi connectivity index (χ0n) is 26.5. The molecule has 1 N–H and O–H groups in total. The van der Waals surface area contributed by atoms with Gasteiger partial charge < -0.3 is 19.7 Å². The molecule has 7 nitrogen and oxygen atoms in total. The van der Waals surface area contributed by atoms with E-state index < -0.39 is 31.1 Å². The lowest BCUT2D eigenvalue weighted by Crippen LogP contribution is -2.61. The third-order valence-electron chi connectivity index (χ3n) is 7.41. The number of likely N-dealkylation sites (tertiary alicyclic amines) is 1. The first-order valence-corrected chi connectivity index (χ1v) is 18.9. The van der Waals surface area contributed by atoms with Crippen LogP contribution >= 0.6 is 23.2 Å². The predicted molar refractivity (Wildman–Crippen MR) is 178 cm³/mol. The van der Waals surface area contributed by atoms with E-state index in [2.05, 4.69) is 31.5 Å². The molecule has 234 valence electrons. The molecule has 2 aromatic rings. The van der Waals surface area contributed by atoms with Crippen molar-refractivity contribution >= 4 is 54.7 Å². The fourth-order valence-electron chi connectivity index (χ4n) is 5.70. The Labute approximate surface area is 266 Å². The average molecular weight is 648 g/mol. The number of hydrogen-bond donors (Lipinski definition) is 1. The molecule has 2 aliphatic heterocycles. The molecule has 4 rings (SSSR count). The molecule has 1 fully saturated rings. The Balaban J connectivity index is 0.000000557. The highest BCUT2D eigenvalue weighted by molar-refractivity contribution is 6.76. The molecule has 1 saturated heterocycles. The second-order valence-corrected chi connectivity index (χ2v) is 20.0. The van der Waals surface area contributed by atoms with Crippen molar-refractivity contribution in [2.45, 2.75) is 83.3 Å². The number of carbonyl (C=O) groups is 3. The van der Waals surface area contributed by atoms with Crippen molar-refractivity contribution < 1.29 is 23.9 Å². The van der Waals surface area contributed by atoms with Gasteiger partial charge in [-0.2, -0.15) is 0 Å². The van der Waals surface area contributed by atoms with Crippen molar-refractivity contribution in [1.29, 1.82) is 0 Å². The zero-order chi connectivity index (χ0) is 32.3. The van der Waals surface area contributed by atoms with E-state index in [0.29, 0.717) is 21.3 Å². The number of hydrogen-bond acceptors (Lipinski definition) is 5. The van der Waals surface area contributed by atoms with Crippen molar-refractivity contribution in [2.75, 3.05) is 25.6 Å². The number of nitrogens with one attached hydrogen (secondary N) is 1. The highest BCUT2D eigenvalue weighted by Crippen LogP contribution is 2.53. The summed E-state index contributed by atoms with van der Waals surface area (Å²) >= 11 is 12.7. The van der Waals surface area contributed by atoms with Crippen molar-refractivity contribution in [3.63, 3.8) is 0 Å². The molecule has 2 atom stereocenters. The van der Waals surface area contributed by atoms with Crippen LogP contribution < -0.4 is 5.32 Å². The number of esters is 1. The number of ether oxygens (including phenoxy) is 2. The van der Waals surface area contributed by atoms with E-state index >= 15 is 0 Å². The molecule has 0 radical (unpaired) electrons. The van der Waals surface area contributed by atoms with E-state index in [4.69, 9.17) is 32.7 Å². The Bertz CT molecular complexity index is 1400. The number of methoxy groups -OCH3 is 1. The lowest BCUT2D eigenvalue weighted by molar-refractivity contribution is -0.162. The fourth-order valence-corrected chi connectivity index (χ4v) is 6.92. The second-order valence-electron chi connectivity index (χ2n) is 13.5. The molecule has 0 aliphatic carbocycles. The summed E-state index contributed by atoms with van der Waals surface area (Å²) in [6, 6.07) is 11.4. The number of nitrogens with zero attached hydrogens (tertiary/aromatic N) is 1. The van der Waals surface area contributed by atoms with Gasteiger partial charge in [-0.3, -0.25) is 14.4 Å². The van der Waals surface area contributed by atoms with Gasteiger partial charge in [-0.1, -0.05) is 67.1 Å². The molecule has 0 unspecified atom stereocenters. The minimum absolute atomic E-state index is 0.0943. The number of anilines is 1. The van der Waals surface area contributed by atoms with Crippen LogP contribution in [0.4, 0.5) is 5.69 Å². The summed E-state index contributed by atoms with van der Waals surface area (Å²) in [7, 11) is 0.961. The molecular weight excluding hydrogens is 603 g/mol. The number of piperidine rings is 1. The molecule has 2 amide bonds. The topological polar surface area (TPSA) is 84.9 Å². The van der Waals surface area contributed by atoms with Gasteiger partial charge in [0.25, 0.3) is 0 Å². The van der Waals surface area contributed by atoms with E-state index in [1.54, 1.807) is 53.0 Å². The van der Waals surface area contributed by atoms with Crippen molar-refractivity contribution in [1.82, 2.24) is 4.90 Å². The minimum Gasteiger partial charge on any atom is -0.459 e. The normalized spacial score (nSPS) is 19.9. The smallest absolute Gasteiger partial charge is 0.326 e. The first kappa shape index (κ1) is 34.8. The van der Waals surface area contributed by atoms with Crippen LogP contribution in [0.3, 0.4) is 0 Å². The number of rotatable bonds is 7. The Kier molecular flexibility index (Phi) is 11.0. The van der Waals surface area contributed by atoms with Crippen LogP contribution in [0.2, 0.25) is 35.7 Å². The van der Waals surface area contributed by atoms with Crippen molar-refractivity contribution in [2.24, 2.45) is 0 Å². The standard InChI is InChI=1S/C27H28Cl2N2O4.C6H16OSi/c1-15(2)24-27(10-9-21(32)31(24)14-22(33)35-26(3,4)5)23-19(16-7-6-8-17(28)11-16)12-18(29)13-20(23)30-25(27)34;1-7-5-6-8(2,3)4/h6-8,11-13,24H,1,9-10,14H2,2-5H3,(H,30,34);5-6H2,1-4H3/t24-,27+;/m0./s1. The summed E-state index contributed by atoms with van der Waals surface area (Å²) in [6.07, 6.45) is 0.360. The fraction of sp³-hybridized carbons (Fsp3) is 0.485. The predicted octanol–water partition coefficient (Wildman–Crippen LogP) is 7.73. The largest absolute Gasteiger partial charge is 0.459 e. The molecule has 2 heterocycles. The molecule has 0 aromatic heterocycles. The van der Waals surface area contributed by atoms with Crippen LogP contribution in [0.1, 0.15) is 46.1 Å². The van der Waals surface area contributed by atoms with Gasteiger partial charge in [0.1, 0.15) is 17.6 Å². The van der Waals surface area contributed by atoms with Crippen molar-refractivity contribution in [3.8, 4) is 11.1 Å². The molecule has 2 aromatic carbocycles. The van der Waals surface area contributed by atoms with Gasteiger partial charge in [0.15, 0.2) is 0 Å². The van der Waals surface area contributed by atoms with Gasteiger partial charge in [0.05, 0.1) is 6.04 Å². The number of halogens is 2. The third kappa shape index (κ3) is 8.29. The molecule has 0 saturated carbocycles. The number of benzene rings is 2. The molecule has 10 heteroatoms. The molecular formula is C33H44Cl2N2O5Si. The lowest BCUT2D eigenvalue weighted by atomic mass is 9.65. The first-order chi connectivity index (χ1) is 19.9. The second kappa shape index (κ2) is 13.5.